The van der Waals surface area contributed by atoms with Gasteiger partial charge in [-0.15, -0.1) is 11.3 Å². The molecule has 3 rings (SSSR count). The quantitative estimate of drug-likeness (QED) is 0.807. The first kappa shape index (κ1) is 14.0. The summed E-state index contributed by atoms with van der Waals surface area (Å²) in [6.07, 6.45) is 4.85. The highest BCUT2D eigenvalue weighted by Crippen LogP contribution is 2.48. The van der Waals surface area contributed by atoms with E-state index in [4.69, 9.17) is 5.11 Å². The third kappa shape index (κ3) is 3.05. The number of hydrogen-bond acceptors (Lipinski definition) is 4. The van der Waals surface area contributed by atoms with Crippen molar-refractivity contribution in [3.05, 3.63) is 17.0 Å². The number of hydrogen-bond donors (Lipinski definition) is 2. The molecule has 2 N–H and O–H groups in total. The summed E-state index contributed by atoms with van der Waals surface area (Å²) < 4.78 is 27.1. The van der Waals surface area contributed by atoms with E-state index < -0.39 is 16.0 Å². The normalized spacial score (nSPS) is 19.4. The van der Waals surface area contributed by atoms with E-state index in [-0.39, 0.29) is 9.09 Å². The van der Waals surface area contributed by atoms with Crippen LogP contribution in [-0.4, -0.2) is 26.0 Å². The summed E-state index contributed by atoms with van der Waals surface area (Å²) in [7, 11) is -3.57. The average molecular weight is 315 g/mol. The van der Waals surface area contributed by atoms with Gasteiger partial charge in [0.2, 0.25) is 10.0 Å². The van der Waals surface area contributed by atoms with Crippen LogP contribution in [0.5, 0.6) is 0 Å². The van der Waals surface area contributed by atoms with E-state index in [0.29, 0.717) is 24.3 Å². The molecule has 0 saturated heterocycles. The Bertz CT molecular complexity index is 602. The molecular weight excluding hydrogens is 298 g/mol. The summed E-state index contributed by atoms with van der Waals surface area (Å²) in [5.41, 5.74) is 0. The van der Waals surface area contributed by atoms with E-state index in [1.165, 1.54) is 37.8 Å². The molecule has 20 heavy (non-hydrogen) atoms. The summed E-state index contributed by atoms with van der Waals surface area (Å²) in [6, 6.07) is 2.69. The number of thiophene rings is 1. The molecule has 2 aliphatic carbocycles. The highest BCUT2D eigenvalue weighted by molar-refractivity contribution is 7.91. The van der Waals surface area contributed by atoms with E-state index in [1.54, 1.807) is 0 Å². The first-order chi connectivity index (χ1) is 9.47. The van der Waals surface area contributed by atoms with Crippen molar-refractivity contribution in [3.63, 3.8) is 0 Å². The molecule has 1 aromatic rings. The Kier molecular flexibility index (Phi) is 3.60. The molecule has 5 nitrogen and oxygen atoms in total. The van der Waals surface area contributed by atoms with Crippen molar-refractivity contribution in [1.82, 2.24) is 4.72 Å². The molecule has 110 valence electrons. The van der Waals surface area contributed by atoms with Gasteiger partial charge in [-0.1, -0.05) is 0 Å². The van der Waals surface area contributed by atoms with Crippen molar-refractivity contribution >= 4 is 27.3 Å². The fraction of sp³-hybridized carbons (Fsp3) is 0.615. The van der Waals surface area contributed by atoms with Gasteiger partial charge in [-0.25, -0.2) is 17.9 Å². The van der Waals surface area contributed by atoms with Crippen LogP contribution in [0.25, 0.3) is 0 Å². The minimum atomic E-state index is -3.57. The molecule has 0 aliphatic heterocycles. The number of carboxylic acid groups (broad SMARTS) is 1. The van der Waals surface area contributed by atoms with E-state index in [9.17, 15) is 13.2 Å². The lowest BCUT2D eigenvalue weighted by molar-refractivity contribution is 0.0702. The van der Waals surface area contributed by atoms with E-state index in [1.807, 2.05) is 0 Å². The maximum atomic E-state index is 12.2. The molecule has 0 aromatic carbocycles. The van der Waals surface area contributed by atoms with Crippen LogP contribution in [0.1, 0.15) is 35.4 Å². The lowest BCUT2D eigenvalue weighted by atomic mass is 9.99. The van der Waals surface area contributed by atoms with Crippen LogP contribution >= 0.6 is 11.3 Å². The van der Waals surface area contributed by atoms with Crippen LogP contribution in [0.15, 0.2) is 16.3 Å². The maximum Gasteiger partial charge on any atom is 0.345 e. The van der Waals surface area contributed by atoms with Crippen LogP contribution in [0.3, 0.4) is 0 Å². The van der Waals surface area contributed by atoms with Crippen LogP contribution in [0, 0.1) is 17.8 Å². The van der Waals surface area contributed by atoms with Gasteiger partial charge in [0.15, 0.2) is 0 Å². The monoisotopic (exact) mass is 315 g/mol. The number of sulfonamides is 1. The van der Waals surface area contributed by atoms with Gasteiger partial charge in [0.25, 0.3) is 0 Å². The van der Waals surface area contributed by atoms with Gasteiger partial charge >= 0.3 is 5.97 Å². The number of carboxylic acids is 1. The molecule has 0 radical (unpaired) electrons. The second-order valence-electron chi connectivity index (χ2n) is 5.61. The van der Waals surface area contributed by atoms with Gasteiger partial charge < -0.3 is 5.11 Å². The number of aromatic carboxylic acids is 1. The summed E-state index contributed by atoms with van der Waals surface area (Å²) in [5.74, 6) is 0.736. The Labute approximate surface area is 122 Å². The number of nitrogens with one attached hydrogen (secondary N) is 1. The minimum Gasteiger partial charge on any atom is -0.477 e. The van der Waals surface area contributed by atoms with Crippen molar-refractivity contribution in [2.75, 3.05) is 6.54 Å². The molecule has 0 bridgehead atoms. The van der Waals surface area contributed by atoms with Crippen LogP contribution in [0.2, 0.25) is 0 Å². The predicted molar refractivity (Wildman–Crippen MR) is 75.4 cm³/mol. The smallest absolute Gasteiger partial charge is 0.345 e. The Morgan fingerprint density at radius 3 is 2.35 bits per heavy atom. The summed E-state index contributed by atoms with van der Waals surface area (Å²) in [4.78, 5) is 10.8. The van der Waals surface area contributed by atoms with Crippen LogP contribution < -0.4 is 4.72 Å². The fourth-order valence-corrected chi connectivity index (χ4v) is 4.89. The van der Waals surface area contributed by atoms with Gasteiger partial charge in [0.1, 0.15) is 9.09 Å². The second-order valence-corrected chi connectivity index (χ2v) is 8.69. The average Bonchev–Trinajstić information content (AvgIpc) is 3.30. The summed E-state index contributed by atoms with van der Waals surface area (Å²) in [6.45, 7) is 0.484. The zero-order valence-corrected chi connectivity index (χ0v) is 12.5. The fourth-order valence-electron chi connectivity index (χ4n) is 2.62. The predicted octanol–water partition coefficient (Wildman–Crippen LogP) is 2.16. The molecule has 2 aliphatic rings. The van der Waals surface area contributed by atoms with Crippen LogP contribution in [0.4, 0.5) is 0 Å². The second kappa shape index (κ2) is 5.13. The van der Waals surface area contributed by atoms with Crippen molar-refractivity contribution in [1.29, 1.82) is 0 Å². The lowest BCUT2D eigenvalue weighted by Gasteiger charge is -2.15. The maximum absolute atomic E-state index is 12.2. The van der Waals surface area contributed by atoms with Crippen molar-refractivity contribution in [2.45, 2.75) is 29.9 Å². The largest absolute Gasteiger partial charge is 0.477 e. The van der Waals surface area contributed by atoms with Gasteiger partial charge in [-0.05, 0) is 55.6 Å². The molecule has 1 heterocycles. The van der Waals surface area contributed by atoms with Crippen molar-refractivity contribution in [2.24, 2.45) is 17.8 Å². The van der Waals surface area contributed by atoms with E-state index >= 15 is 0 Å². The van der Waals surface area contributed by atoms with Gasteiger partial charge in [0, 0.05) is 6.54 Å². The molecule has 0 amide bonds. The molecule has 0 atom stereocenters. The van der Waals surface area contributed by atoms with E-state index in [0.717, 1.165) is 11.3 Å². The summed E-state index contributed by atoms with van der Waals surface area (Å²) >= 11 is 0.798. The first-order valence-corrected chi connectivity index (χ1v) is 9.10. The third-order valence-electron chi connectivity index (χ3n) is 4.02. The molecule has 2 saturated carbocycles. The van der Waals surface area contributed by atoms with Crippen LogP contribution in [-0.2, 0) is 10.0 Å². The van der Waals surface area contributed by atoms with Crippen molar-refractivity contribution in [3.8, 4) is 0 Å². The summed E-state index contributed by atoms with van der Waals surface area (Å²) in [5, 5.41) is 8.84. The number of carbonyl (C=O) groups is 1. The molecule has 2 fully saturated rings. The van der Waals surface area contributed by atoms with Gasteiger partial charge in [-0.3, -0.25) is 0 Å². The zero-order valence-electron chi connectivity index (χ0n) is 10.9. The topological polar surface area (TPSA) is 83.5 Å². The lowest BCUT2D eigenvalue weighted by Crippen LogP contribution is -2.30. The van der Waals surface area contributed by atoms with Gasteiger partial charge in [0.05, 0.1) is 0 Å². The Hall–Kier alpha value is -0.920. The molecule has 0 unspecified atom stereocenters. The van der Waals surface area contributed by atoms with Crippen molar-refractivity contribution < 1.29 is 18.3 Å². The van der Waals surface area contributed by atoms with Gasteiger partial charge in [-0.2, -0.15) is 0 Å². The standard InChI is InChI=1S/C13H17NO4S2/c15-13(16)11-5-6-12(19-11)20(17,18)14-7-10(8-1-2-8)9-3-4-9/h5-6,8-10,14H,1-4,7H2,(H,15,16). The third-order valence-corrected chi connectivity index (χ3v) is 7.01. The highest BCUT2D eigenvalue weighted by atomic mass is 32.2. The molecular formula is C13H17NO4S2. The van der Waals surface area contributed by atoms with E-state index in [2.05, 4.69) is 4.72 Å². The molecule has 1 aromatic heterocycles. The molecule has 0 spiro atoms. The number of rotatable bonds is 7. The SMILES string of the molecule is O=C(O)c1ccc(S(=O)(=O)NCC(C2CC2)C2CC2)s1. The zero-order chi connectivity index (χ0) is 14.3. The Morgan fingerprint density at radius 1 is 1.30 bits per heavy atom. The highest BCUT2D eigenvalue weighted by Gasteiger charge is 2.41. The minimum absolute atomic E-state index is 0.0475. The Balaban J connectivity index is 1.66. The molecule has 7 heteroatoms. The Morgan fingerprint density at radius 2 is 1.90 bits per heavy atom. The first-order valence-electron chi connectivity index (χ1n) is 6.80.